The second-order valence-electron chi connectivity index (χ2n) is 5.58. The Balaban J connectivity index is 1.76. The van der Waals surface area contributed by atoms with Crippen molar-refractivity contribution in [1.82, 2.24) is 4.90 Å². The van der Waals surface area contributed by atoms with Gasteiger partial charge in [0.05, 0.1) is 11.1 Å². The number of amides is 1. The monoisotopic (exact) mass is 317 g/mol. The zero-order chi connectivity index (χ0) is 15.4. The van der Waals surface area contributed by atoms with E-state index >= 15 is 0 Å². The fourth-order valence-electron chi connectivity index (χ4n) is 2.95. The second-order valence-corrected chi connectivity index (χ2v) is 6.53. The van der Waals surface area contributed by atoms with Crippen LogP contribution >= 0.6 is 11.3 Å². The quantitative estimate of drug-likeness (QED) is 0.801. The first-order valence-electron chi connectivity index (χ1n) is 7.67. The SMILES string of the molecule is O=C(C[C@H]1CCCCCN1C(=O)c1cccs1)c1ccco1. The minimum Gasteiger partial charge on any atom is -0.461 e. The largest absolute Gasteiger partial charge is 0.461 e. The molecule has 4 nitrogen and oxygen atoms in total. The maximum atomic E-state index is 12.7. The van der Waals surface area contributed by atoms with Crippen LogP contribution in [0.2, 0.25) is 0 Å². The molecule has 2 aromatic heterocycles. The number of nitrogens with zero attached hydrogens (tertiary/aromatic N) is 1. The molecule has 0 bridgehead atoms. The van der Waals surface area contributed by atoms with Gasteiger partial charge in [0.15, 0.2) is 11.5 Å². The van der Waals surface area contributed by atoms with Crippen molar-refractivity contribution in [2.24, 2.45) is 0 Å². The molecule has 22 heavy (non-hydrogen) atoms. The molecule has 1 atom stereocenters. The summed E-state index contributed by atoms with van der Waals surface area (Å²) in [6, 6.07) is 7.11. The third-order valence-electron chi connectivity index (χ3n) is 4.09. The number of carbonyl (C=O) groups excluding carboxylic acids is 2. The number of furan rings is 1. The Bertz CT molecular complexity index is 618. The van der Waals surface area contributed by atoms with E-state index in [9.17, 15) is 9.59 Å². The molecule has 1 aliphatic heterocycles. The van der Waals surface area contributed by atoms with Gasteiger partial charge in [-0.2, -0.15) is 0 Å². The Labute approximate surface area is 133 Å². The van der Waals surface area contributed by atoms with Crippen molar-refractivity contribution >= 4 is 23.0 Å². The molecule has 1 fully saturated rings. The zero-order valence-corrected chi connectivity index (χ0v) is 13.2. The van der Waals surface area contributed by atoms with E-state index in [-0.39, 0.29) is 17.7 Å². The molecule has 0 aliphatic carbocycles. The van der Waals surface area contributed by atoms with Gasteiger partial charge in [0, 0.05) is 19.0 Å². The Morgan fingerprint density at radius 3 is 2.86 bits per heavy atom. The van der Waals surface area contributed by atoms with Crippen molar-refractivity contribution < 1.29 is 14.0 Å². The lowest BCUT2D eigenvalue weighted by atomic mass is 10.0. The first-order chi connectivity index (χ1) is 10.8. The number of likely N-dealkylation sites (tertiary alicyclic amines) is 1. The van der Waals surface area contributed by atoms with Crippen LogP contribution in [-0.4, -0.2) is 29.2 Å². The molecule has 0 unspecified atom stereocenters. The smallest absolute Gasteiger partial charge is 0.264 e. The van der Waals surface area contributed by atoms with Crippen molar-refractivity contribution in [2.75, 3.05) is 6.54 Å². The average molecular weight is 317 g/mol. The van der Waals surface area contributed by atoms with E-state index in [0.717, 1.165) is 37.1 Å². The lowest BCUT2D eigenvalue weighted by Gasteiger charge is -2.29. The van der Waals surface area contributed by atoms with Crippen LogP contribution in [-0.2, 0) is 0 Å². The van der Waals surface area contributed by atoms with Gasteiger partial charge in [-0.15, -0.1) is 11.3 Å². The summed E-state index contributed by atoms with van der Waals surface area (Å²) < 4.78 is 5.19. The molecule has 0 N–H and O–H groups in total. The van der Waals surface area contributed by atoms with Gasteiger partial charge in [0.2, 0.25) is 0 Å². The summed E-state index contributed by atoms with van der Waals surface area (Å²) in [5, 5.41) is 1.91. The van der Waals surface area contributed by atoms with Crippen LogP contribution in [0.25, 0.3) is 0 Å². The number of thiophene rings is 1. The third kappa shape index (κ3) is 3.30. The second kappa shape index (κ2) is 6.92. The highest BCUT2D eigenvalue weighted by Crippen LogP contribution is 2.24. The normalized spacial score (nSPS) is 18.9. The Hall–Kier alpha value is -1.88. The standard InChI is InChI=1S/C17H19NO3S/c19-14(15-7-4-10-21-15)12-13-6-2-1-3-9-18(13)17(20)16-8-5-11-22-16/h4-5,7-8,10-11,13H,1-3,6,9,12H2/t13-/m1/s1. The highest BCUT2D eigenvalue weighted by Gasteiger charge is 2.29. The predicted octanol–water partition coefficient (Wildman–Crippen LogP) is 4.00. The van der Waals surface area contributed by atoms with Crippen LogP contribution in [0.1, 0.15) is 52.3 Å². The van der Waals surface area contributed by atoms with Gasteiger partial charge in [-0.25, -0.2) is 0 Å². The molecule has 5 heteroatoms. The number of ketones is 1. The maximum absolute atomic E-state index is 12.7. The summed E-state index contributed by atoms with van der Waals surface area (Å²) >= 11 is 1.46. The number of carbonyl (C=O) groups is 2. The fraction of sp³-hybridized carbons (Fsp3) is 0.412. The zero-order valence-electron chi connectivity index (χ0n) is 12.4. The molecular weight excluding hydrogens is 298 g/mol. The Morgan fingerprint density at radius 1 is 1.23 bits per heavy atom. The van der Waals surface area contributed by atoms with E-state index in [1.54, 1.807) is 12.1 Å². The molecule has 1 aliphatic rings. The van der Waals surface area contributed by atoms with Gasteiger partial charge in [-0.1, -0.05) is 18.9 Å². The van der Waals surface area contributed by atoms with Crippen LogP contribution in [0, 0.1) is 0 Å². The highest BCUT2D eigenvalue weighted by atomic mass is 32.1. The first kappa shape index (κ1) is 15.0. The van der Waals surface area contributed by atoms with E-state index in [1.165, 1.54) is 17.6 Å². The molecule has 1 amide bonds. The Morgan fingerprint density at radius 2 is 2.14 bits per heavy atom. The van der Waals surface area contributed by atoms with Crippen molar-refractivity contribution in [2.45, 2.75) is 38.1 Å². The first-order valence-corrected chi connectivity index (χ1v) is 8.55. The van der Waals surface area contributed by atoms with Crippen LogP contribution in [0.4, 0.5) is 0 Å². The third-order valence-corrected chi connectivity index (χ3v) is 4.94. The molecule has 3 rings (SSSR count). The summed E-state index contributed by atoms with van der Waals surface area (Å²) in [7, 11) is 0. The lowest BCUT2D eigenvalue weighted by molar-refractivity contribution is 0.0660. The van der Waals surface area contributed by atoms with E-state index < -0.39 is 0 Å². The van der Waals surface area contributed by atoms with Crippen LogP contribution in [0.5, 0.6) is 0 Å². The van der Waals surface area contributed by atoms with Gasteiger partial charge >= 0.3 is 0 Å². The van der Waals surface area contributed by atoms with Crippen LogP contribution < -0.4 is 0 Å². The Kier molecular flexibility index (Phi) is 4.73. The van der Waals surface area contributed by atoms with Crippen molar-refractivity contribution in [3.05, 3.63) is 46.5 Å². The van der Waals surface area contributed by atoms with Gasteiger partial charge in [0.1, 0.15) is 0 Å². The van der Waals surface area contributed by atoms with Crippen molar-refractivity contribution in [1.29, 1.82) is 0 Å². The average Bonchev–Trinajstić information content (AvgIpc) is 3.18. The van der Waals surface area contributed by atoms with Crippen molar-refractivity contribution in [3.63, 3.8) is 0 Å². The summed E-state index contributed by atoms with van der Waals surface area (Å²) in [6.45, 7) is 0.729. The summed E-state index contributed by atoms with van der Waals surface area (Å²) in [4.78, 5) is 27.6. The van der Waals surface area contributed by atoms with Crippen LogP contribution in [0.3, 0.4) is 0 Å². The molecule has 2 aromatic rings. The number of Topliss-reactive ketones (excluding diaryl/α,β-unsaturated/α-hetero) is 1. The molecule has 116 valence electrons. The number of hydrogen-bond donors (Lipinski definition) is 0. The van der Waals surface area contributed by atoms with Gasteiger partial charge < -0.3 is 9.32 Å². The molecule has 0 radical (unpaired) electrons. The van der Waals surface area contributed by atoms with Crippen LogP contribution in [0.15, 0.2) is 40.3 Å². The molecule has 3 heterocycles. The molecule has 0 aromatic carbocycles. The summed E-state index contributed by atoms with van der Waals surface area (Å²) in [5.41, 5.74) is 0. The molecule has 0 saturated carbocycles. The van der Waals surface area contributed by atoms with Crippen molar-refractivity contribution in [3.8, 4) is 0 Å². The minimum absolute atomic E-state index is 0.0270. The predicted molar refractivity (Wildman–Crippen MR) is 85.3 cm³/mol. The molecular formula is C17H19NO3S. The maximum Gasteiger partial charge on any atom is 0.264 e. The van der Waals surface area contributed by atoms with Gasteiger partial charge in [0.25, 0.3) is 5.91 Å². The van der Waals surface area contributed by atoms with E-state index in [4.69, 9.17) is 4.42 Å². The topological polar surface area (TPSA) is 50.5 Å². The van der Waals surface area contributed by atoms with E-state index in [2.05, 4.69) is 0 Å². The van der Waals surface area contributed by atoms with E-state index in [0.29, 0.717) is 12.2 Å². The van der Waals surface area contributed by atoms with Gasteiger partial charge in [-0.05, 0) is 36.4 Å². The summed E-state index contributed by atoms with van der Waals surface area (Å²) in [6.07, 6.45) is 5.90. The summed E-state index contributed by atoms with van der Waals surface area (Å²) in [5.74, 6) is 0.405. The molecule has 0 spiro atoms. The molecule has 1 saturated heterocycles. The number of rotatable bonds is 4. The highest BCUT2D eigenvalue weighted by molar-refractivity contribution is 7.12. The fourth-order valence-corrected chi connectivity index (χ4v) is 3.63. The minimum atomic E-state index is -0.0327. The lowest BCUT2D eigenvalue weighted by Crippen LogP contribution is -2.40. The van der Waals surface area contributed by atoms with Gasteiger partial charge in [-0.3, -0.25) is 9.59 Å². The number of hydrogen-bond acceptors (Lipinski definition) is 4. The van der Waals surface area contributed by atoms with E-state index in [1.807, 2.05) is 22.4 Å².